The van der Waals surface area contributed by atoms with Crippen LogP contribution in [-0.2, 0) is 0 Å². The number of nitrogens with two attached hydrogens (primary N) is 1. The molecule has 8 heteroatoms. The van der Waals surface area contributed by atoms with Crippen LogP contribution in [0.2, 0.25) is 0 Å². The van der Waals surface area contributed by atoms with Gasteiger partial charge in [-0.05, 0) is 37.7 Å². The molecule has 1 saturated carbocycles. The van der Waals surface area contributed by atoms with Crippen LogP contribution in [-0.4, -0.2) is 59.3 Å². The molecule has 3 rings (SSSR count). The van der Waals surface area contributed by atoms with Gasteiger partial charge in [-0.3, -0.25) is 10.7 Å². The second-order valence-corrected chi connectivity index (χ2v) is 7.04. The number of H-pyrrole nitrogens is 1. The van der Waals surface area contributed by atoms with Crippen LogP contribution in [0.15, 0.2) is 23.0 Å². The van der Waals surface area contributed by atoms with Crippen molar-refractivity contribution in [2.24, 2.45) is 22.7 Å². The van der Waals surface area contributed by atoms with Gasteiger partial charge in [0.1, 0.15) is 5.82 Å². The van der Waals surface area contributed by atoms with Crippen molar-refractivity contribution in [2.45, 2.75) is 25.7 Å². The second kappa shape index (κ2) is 9.18. The molecule has 1 aliphatic heterocycles. The minimum atomic E-state index is 0.134. The molecule has 7 N–H and O–H groups in total. The summed E-state index contributed by atoms with van der Waals surface area (Å²) < 4.78 is 0. The van der Waals surface area contributed by atoms with Crippen molar-refractivity contribution in [1.29, 1.82) is 0 Å². The zero-order valence-electron chi connectivity index (χ0n) is 15.1. The maximum atomic E-state index is 9.17. The van der Waals surface area contributed by atoms with Crippen LogP contribution in [0.4, 0.5) is 5.82 Å². The van der Waals surface area contributed by atoms with Crippen molar-refractivity contribution in [3.05, 3.63) is 23.5 Å². The molecular formula is C18H30N6O2. The number of aliphatic imine (C=N–C) groups is 1. The number of nitrogens with one attached hydrogen (secondary N) is 3. The molecule has 2 aliphatic rings. The second-order valence-electron chi connectivity index (χ2n) is 7.04. The number of aliphatic hydroxyl groups excluding tert-OH is 2. The Hall–Kier alpha value is -1.87. The number of allylic oxidation sites excluding steroid dienone is 1. The van der Waals surface area contributed by atoms with Crippen molar-refractivity contribution < 1.29 is 10.2 Å². The number of aromatic amines is 1. The van der Waals surface area contributed by atoms with Gasteiger partial charge < -0.3 is 25.9 Å². The fourth-order valence-corrected chi connectivity index (χ4v) is 4.10. The zero-order chi connectivity index (χ0) is 18.4. The van der Waals surface area contributed by atoms with Crippen molar-refractivity contribution in [3.63, 3.8) is 0 Å². The third kappa shape index (κ3) is 4.27. The Kier molecular flexibility index (Phi) is 6.67. The molecule has 2 heterocycles. The summed E-state index contributed by atoms with van der Waals surface area (Å²) >= 11 is 0. The minimum Gasteiger partial charge on any atom is -0.395 e. The molecule has 8 nitrogen and oxygen atoms in total. The highest BCUT2D eigenvalue weighted by Gasteiger charge is 2.28. The smallest absolute Gasteiger partial charge is 0.141 e. The Bertz CT molecular complexity index is 627. The first kappa shape index (κ1) is 18.9. The average molecular weight is 362 g/mol. The van der Waals surface area contributed by atoms with Crippen LogP contribution in [0.25, 0.3) is 5.70 Å². The van der Waals surface area contributed by atoms with Crippen LogP contribution in [0.1, 0.15) is 31.2 Å². The molecule has 0 atom stereocenters. The highest BCUT2D eigenvalue weighted by molar-refractivity contribution is 5.87. The van der Waals surface area contributed by atoms with Crippen molar-refractivity contribution in [1.82, 2.24) is 20.6 Å². The predicted octanol–water partition coefficient (Wildman–Crippen LogP) is 0.503. The van der Waals surface area contributed by atoms with Crippen LogP contribution >= 0.6 is 0 Å². The molecule has 1 fully saturated rings. The van der Waals surface area contributed by atoms with Gasteiger partial charge in [-0.25, -0.2) is 4.99 Å². The van der Waals surface area contributed by atoms with E-state index in [-0.39, 0.29) is 13.2 Å². The van der Waals surface area contributed by atoms with Crippen LogP contribution in [0.3, 0.4) is 0 Å². The lowest BCUT2D eigenvalue weighted by Gasteiger charge is -2.34. The first-order valence-electron chi connectivity index (χ1n) is 9.38. The number of rotatable bonds is 8. The lowest BCUT2D eigenvalue weighted by atomic mass is 9.79. The summed E-state index contributed by atoms with van der Waals surface area (Å²) in [7, 11) is 0. The zero-order valence-corrected chi connectivity index (χ0v) is 15.1. The summed E-state index contributed by atoms with van der Waals surface area (Å²) in [6, 6.07) is 2.01. The maximum Gasteiger partial charge on any atom is 0.141 e. The maximum absolute atomic E-state index is 9.17. The SMILES string of the molecule is NN/C(=C1\NC=Nc2[nH]ccc21)[C@H]1CC[C@H](CN(CCO)CCO)CC1. The number of nitrogens with zero attached hydrogens (tertiary/aromatic N) is 2. The van der Waals surface area contributed by atoms with Crippen LogP contribution < -0.4 is 16.6 Å². The highest BCUT2D eigenvalue weighted by atomic mass is 16.3. The number of aromatic nitrogens is 1. The van der Waals surface area contributed by atoms with E-state index in [9.17, 15) is 10.2 Å². The first-order chi connectivity index (χ1) is 12.8. The lowest BCUT2D eigenvalue weighted by Crippen LogP contribution is -2.37. The third-order valence-corrected chi connectivity index (χ3v) is 5.43. The number of fused-ring (bicyclic) bond motifs is 1. The lowest BCUT2D eigenvalue weighted by molar-refractivity contribution is 0.129. The fourth-order valence-electron chi connectivity index (χ4n) is 4.10. The Morgan fingerprint density at radius 2 is 1.96 bits per heavy atom. The van der Waals surface area contributed by atoms with Gasteiger partial charge in [-0.2, -0.15) is 0 Å². The van der Waals surface area contributed by atoms with Gasteiger partial charge in [0.15, 0.2) is 0 Å². The molecule has 0 unspecified atom stereocenters. The van der Waals surface area contributed by atoms with Crippen molar-refractivity contribution in [2.75, 3.05) is 32.8 Å². The van der Waals surface area contributed by atoms with Gasteiger partial charge in [-0.15, -0.1) is 0 Å². The van der Waals surface area contributed by atoms with Gasteiger partial charge in [0.2, 0.25) is 0 Å². The topological polar surface area (TPSA) is 122 Å². The minimum absolute atomic E-state index is 0.134. The average Bonchev–Trinajstić information content (AvgIpc) is 3.14. The molecule has 1 aromatic rings. The summed E-state index contributed by atoms with van der Waals surface area (Å²) in [5.41, 5.74) is 6.02. The summed E-state index contributed by atoms with van der Waals surface area (Å²) in [6.45, 7) is 2.45. The van der Waals surface area contributed by atoms with E-state index in [0.717, 1.165) is 55.0 Å². The molecule has 1 aromatic heterocycles. The third-order valence-electron chi connectivity index (χ3n) is 5.43. The predicted molar refractivity (Wildman–Crippen MR) is 102 cm³/mol. The van der Waals surface area contributed by atoms with E-state index in [4.69, 9.17) is 5.84 Å². The van der Waals surface area contributed by atoms with E-state index in [0.29, 0.717) is 24.9 Å². The van der Waals surface area contributed by atoms with Gasteiger partial charge in [-0.1, -0.05) is 0 Å². The van der Waals surface area contributed by atoms with E-state index < -0.39 is 0 Å². The number of aliphatic hydroxyl groups is 2. The normalized spacial score (nSPS) is 24.3. The molecular weight excluding hydrogens is 332 g/mol. The summed E-state index contributed by atoms with van der Waals surface area (Å²) in [5.74, 6) is 7.72. The van der Waals surface area contributed by atoms with E-state index in [1.807, 2.05) is 12.3 Å². The van der Waals surface area contributed by atoms with E-state index in [1.54, 1.807) is 6.34 Å². The molecule has 0 amide bonds. The molecule has 0 radical (unpaired) electrons. The van der Waals surface area contributed by atoms with E-state index in [2.05, 4.69) is 25.6 Å². The Labute approximate surface area is 154 Å². The monoisotopic (exact) mass is 362 g/mol. The van der Waals surface area contributed by atoms with Gasteiger partial charge >= 0.3 is 0 Å². The molecule has 144 valence electrons. The quantitative estimate of drug-likeness (QED) is 0.296. The van der Waals surface area contributed by atoms with Crippen molar-refractivity contribution in [3.8, 4) is 0 Å². The van der Waals surface area contributed by atoms with E-state index in [1.165, 1.54) is 0 Å². The fraction of sp³-hybridized carbons (Fsp3) is 0.611. The molecule has 26 heavy (non-hydrogen) atoms. The first-order valence-corrected chi connectivity index (χ1v) is 9.38. The summed E-state index contributed by atoms with van der Waals surface area (Å²) in [6.07, 6.45) is 7.95. The Morgan fingerprint density at radius 3 is 2.62 bits per heavy atom. The molecule has 1 aliphatic carbocycles. The van der Waals surface area contributed by atoms with Gasteiger partial charge in [0.05, 0.1) is 30.9 Å². The molecule has 0 spiro atoms. The van der Waals surface area contributed by atoms with Gasteiger partial charge in [0, 0.05) is 37.3 Å². The Morgan fingerprint density at radius 1 is 1.23 bits per heavy atom. The number of hydrazine groups is 1. The van der Waals surface area contributed by atoms with Crippen LogP contribution in [0, 0.1) is 11.8 Å². The molecule has 0 saturated heterocycles. The van der Waals surface area contributed by atoms with Gasteiger partial charge in [0.25, 0.3) is 0 Å². The number of hydrogen-bond acceptors (Lipinski definition) is 7. The summed E-state index contributed by atoms with van der Waals surface area (Å²) in [4.78, 5) is 9.59. The largest absolute Gasteiger partial charge is 0.395 e. The van der Waals surface area contributed by atoms with E-state index >= 15 is 0 Å². The standard InChI is InChI=1S/C18H30N6O2/c19-23-16(17-15-5-6-20-18(15)22-12-21-17)14-3-1-13(2-4-14)11-24(7-9-25)8-10-26/h5-6,12-14,20,23,25-26H,1-4,7-11,19H2,(H,21,22)/b17-16-/t13-,14-. The van der Waals surface area contributed by atoms with Crippen molar-refractivity contribution >= 4 is 17.9 Å². The summed E-state index contributed by atoms with van der Waals surface area (Å²) in [5, 5.41) is 21.6. The molecule has 0 aromatic carbocycles. The van der Waals surface area contributed by atoms with Crippen LogP contribution in [0.5, 0.6) is 0 Å². The number of hydrogen-bond donors (Lipinski definition) is 6. The highest BCUT2D eigenvalue weighted by Crippen LogP contribution is 2.37. The Balaban J connectivity index is 1.63. The molecule has 0 bridgehead atoms.